The van der Waals surface area contributed by atoms with Gasteiger partial charge in [-0.25, -0.2) is 4.98 Å². The van der Waals surface area contributed by atoms with Crippen molar-refractivity contribution < 1.29 is 22.5 Å². The zero-order valence-electron chi connectivity index (χ0n) is 14.0. The van der Waals surface area contributed by atoms with Crippen LogP contribution >= 0.6 is 42.1 Å². The SMILES string of the molecule is Cc1nc2cc(N(OP(C)(=O)O)S(=O)(=O)c3cc(Cl)cc(Cl)c3)ccc2s1. The van der Waals surface area contributed by atoms with Gasteiger partial charge in [0, 0.05) is 16.7 Å². The number of halogens is 2. The first-order chi connectivity index (χ1) is 12.5. The van der Waals surface area contributed by atoms with Gasteiger partial charge in [-0.1, -0.05) is 23.2 Å². The second-order valence-corrected chi connectivity index (χ2v) is 11.2. The summed E-state index contributed by atoms with van der Waals surface area (Å²) < 4.78 is 44.2. The van der Waals surface area contributed by atoms with Gasteiger partial charge in [0.1, 0.15) is 0 Å². The molecule has 0 bridgehead atoms. The van der Waals surface area contributed by atoms with Gasteiger partial charge in [0.05, 0.1) is 25.8 Å². The van der Waals surface area contributed by atoms with E-state index in [4.69, 9.17) is 27.8 Å². The smallest absolute Gasteiger partial charge is 0.323 e. The molecule has 0 saturated carbocycles. The quantitative estimate of drug-likeness (QED) is 0.426. The van der Waals surface area contributed by atoms with Crippen molar-refractivity contribution in [2.45, 2.75) is 11.8 Å². The molecule has 1 atom stereocenters. The van der Waals surface area contributed by atoms with Crippen LogP contribution in [0.1, 0.15) is 5.01 Å². The van der Waals surface area contributed by atoms with Gasteiger partial charge in [0.15, 0.2) is 0 Å². The summed E-state index contributed by atoms with van der Waals surface area (Å²) in [6.07, 6.45) is 0. The van der Waals surface area contributed by atoms with Gasteiger partial charge in [-0.05, 0) is 43.3 Å². The Hall–Kier alpha value is -1.19. The molecule has 0 aliphatic heterocycles. The van der Waals surface area contributed by atoms with E-state index in [0.717, 1.165) is 16.4 Å². The first kappa shape index (κ1) is 20.5. The number of anilines is 1. The lowest BCUT2D eigenvalue weighted by atomic mass is 10.3. The van der Waals surface area contributed by atoms with Gasteiger partial charge in [0.2, 0.25) is 0 Å². The third-order valence-electron chi connectivity index (χ3n) is 3.27. The Morgan fingerprint density at radius 2 is 1.81 bits per heavy atom. The first-order valence-electron chi connectivity index (χ1n) is 7.34. The molecule has 144 valence electrons. The second-order valence-electron chi connectivity index (χ2n) is 5.61. The molecule has 1 unspecified atom stereocenters. The van der Waals surface area contributed by atoms with Crippen molar-refractivity contribution in [3.05, 3.63) is 51.5 Å². The van der Waals surface area contributed by atoms with Crippen LogP contribution in [0.2, 0.25) is 10.0 Å². The number of benzene rings is 2. The molecule has 0 saturated heterocycles. The molecule has 0 radical (unpaired) electrons. The molecular weight excluding hydrogens is 454 g/mol. The highest BCUT2D eigenvalue weighted by Gasteiger charge is 2.32. The Morgan fingerprint density at radius 3 is 2.41 bits per heavy atom. The highest BCUT2D eigenvalue weighted by molar-refractivity contribution is 7.92. The first-order valence-corrected chi connectivity index (χ1v) is 12.4. The lowest BCUT2D eigenvalue weighted by Gasteiger charge is -2.24. The van der Waals surface area contributed by atoms with E-state index in [1.54, 1.807) is 6.07 Å². The van der Waals surface area contributed by atoms with Crippen LogP contribution in [0, 0.1) is 6.92 Å². The molecule has 3 rings (SSSR count). The normalized spacial score (nSPS) is 14.3. The minimum absolute atomic E-state index is 0.0139. The molecule has 0 aliphatic rings. The predicted octanol–water partition coefficient (Wildman–Crippen LogP) is 4.85. The highest BCUT2D eigenvalue weighted by Crippen LogP contribution is 2.42. The molecule has 0 spiro atoms. The Labute approximate surface area is 169 Å². The van der Waals surface area contributed by atoms with Crippen LogP contribution in [0.3, 0.4) is 0 Å². The lowest BCUT2D eigenvalue weighted by Crippen LogP contribution is -2.30. The summed E-state index contributed by atoms with van der Waals surface area (Å²) in [5.74, 6) is 0. The summed E-state index contributed by atoms with van der Waals surface area (Å²) in [6, 6.07) is 8.28. The van der Waals surface area contributed by atoms with Crippen molar-refractivity contribution in [1.82, 2.24) is 4.98 Å². The molecule has 1 heterocycles. The van der Waals surface area contributed by atoms with Crippen molar-refractivity contribution in [3.8, 4) is 0 Å². The van der Waals surface area contributed by atoms with Crippen LogP contribution < -0.4 is 4.47 Å². The summed E-state index contributed by atoms with van der Waals surface area (Å²) in [4.78, 5) is 13.7. The summed E-state index contributed by atoms with van der Waals surface area (Å²) in [5, 5.41) is 0.980. The molecule has 12 heteroatoms. The number of sulfonamides is 1. The molecule has 3 aromatic rings. The van der Waals surface area contributed by atoms with E-state index in [9.17, 15) is 17.9 Å². The van der Waals surface area contributed by atoms with Gasteiger partial charge in [-0.15, -0.1) is 15.8 Å². The highest BCUT2D eigenvalue weighted by atomic mass is 35.5. The lowest BCUT2D eigenvalue weighted by molar-refractivity contribution is 0.278. The van der Waals surface area contributed by atoms with E-state index in [1.165, 1.54) is 41.7 Å². The molecular formula is C15H13Cl2N2O5PS2. The van der Waals surface area contributed by atoms with Crippen molar-refractivity contribution in [3.63, 3.8) is 0 Å². The molecule has 1 aromatic heterocycles. The number of hydrogen-bond acceptors (Lipinski definition) is 6. The van der Waals surface area contributed by atoms with Gasteiger partial charge in [-0.2, -0.15) is 13.0 Å². The average Bonchev–Trinajstić information content (AvgIpc) is 2.89. The van der Waals surface area contributed by atoms with E-state index in [2.05, 4.69) is 4.98 Å². The fourth-order valence-corrected chi connectivity index (χ4v) is 5.97. The van der Waals surface area contributed by atoms with Crippen LogP contribution in [-0.4, -0.2) is 25.0 Å². The van der Waals surface area contributed by atoms with E-state index >= 15 is 0 Å². The summed E-state index contributed by atoms with van der Waals surface area (Å²) in [5.41, 5.74) is 0.548. The minimum Gasteiger partial charge on any atom is -0.323 e. The number of rotatable bonds is 5. The van der Waals surface area contributed by atoms with Crippen LogP contribution in [-0.2, 0) is 19.2 Å². The number of aromatic nitrogens is 1. The van der Waals surface area contributed by atoms with Gasteiger partial charge in [0.25, 0.3) is 10.0 Å². The Kier molecular flexibility index (Phi) is 5.58. The summed E-state index contributed by atoms with van der Waals surface area (Å²) in [7, 11) is -8.63. The number of fused-ring (bicyclic) bond motifs is 1. The van der Waals surface area contributed by atoms with Crippen molar-refractivity contribution in [2.75, 3.05) is 11.1 Å². The maximum Gasteiger partial charge on any atom is 0.347 e. The number of aryl methyl sites for hydroxylation is 1. The van der Waals surface area contributed by atoms with Crippen molar-refractivity contribution in [1.29, 1.82) is 0 Å². The fourth-order valence-electron chi connectivity index (χ4n) is 2.29. The number of hydrogen-bond donors (Lipinski definition) is 1. The Bertz CT molecular complexity index is 1160. The monoisotopic (exact) mass is 466 g/mol. The van der Waals surface area contributed by atoms with E-state index in [1.807, 2.05) is 6.92 Å². The maximum atomic E-state index is 13.1. The topological polar surface area (TPSA) is 96.8 Å². The zero-order valence-corrected chi connectivity index (χ0v) is 18.0. The number of nitrogens with zero attached hydrogens (tertiary/aromatic N) is 2. The second kappa shape index (κ2) is 7.33. The van der Waals surface area contributed by atoms with E-state index in [-0.39, 0.29) is 20.6 Å². The van der Waals surface area contributed by atoms with E-state index < -0.39 is 17.6 Å². The van der Waals surface area contributed by atoms with Crippen molar-refractivity contribution in [2.24, 2.45) is 0 Å². The van der Waals surface area contributed by atoms with Gasteiger partial charge in [-0.3, -0.25) is 4.57 Å². The Balaban J connectivity index is 2.18. The molecule has 7 nitrogen and oxygen atoms in total. The average molecular weight is 467 g/mol. The van der Waals surface area contributed by atoms with Gasteiger partial charge >= 0.3 is 7.60 Å². The molecule has 0 aliphatic carbocycles. The molecule has 27 heavy (non-hydrogen) atoms. The van der Waals surface area contributed by atoms with Crippen LogP contribution in [0.25, 0.3) is 10.2 Å². The minimum atomic E-state index is -4.41. The standard InChI is InChI=1S/C15H13Cl2N2O5PS2/c1-9-18-14-8-12(3-4-15(14)26-9)19(24-25(2,20)21)27(22,23)13-6-10(16)5-11(17)7-13/h3-8H,1-2H3,(H,20,21). The molecule has 1 N–H and O–H groups in total. The van der Waals surface area contributed by atoms with Gasteiger partial charge < -0.3 is 4.89 Å². The van der Waals surface area contributed by atoms with Crippen LogP contribution in [0.5, 0.6) is 0 Å². The molecule has 2 aromatic carbocycles. The maximum absolute atomic E-state index is 13.1. The third-order valence-corrected chi connectivity index (χ3v) is 6.79. The third kappa shape index (κ3) is 4.63. The fraction of sp³-hybridized carbons (Fsp3) is 0.133. The summed E-state index contributed by atoms with van der Waals surface area (Å²) in [6.45, 7) is 2.70. The van der Waals surface area contributed by atoms with Crippen LogP contribution in [0.15, 0.2) is 41.3 Å². The predicted molar refractivity (Wildman–Crippen MR) is 107 cm³/mol. The number of thiazole rings is 1. The molecule has 0 amide bonds. The van der Waals surface area contributed by atoms with Crippen LogP contribution in [0.4, 0.5) is 5.69 Å². The van der Waals surface area contributed by atoms with E-state index in [0.29, 0.717) is 9.99 Å². The molecule has 0 fully saturated rings. The van der Waals surface area contributed by atoms with Crippen molar-refractivity contribution >= 4 is 68.1 Å². The summed E-state index contributed by atoms with van der Waals surface area (Å²) >= 11 is 13.2. The zero-order chi connectivity index (χ0) is 20.0. The largest absolute Gasteiger partial charge is 0.347 e. The Morgan fingerprint density at radius 1 is 1.19 bits per heavy atom.